The lowest BCUT2D eigenvalue weighted by Gasteiger charge is -2.53. The first-order chi connectivity index (χ1) is 17.7. The van der Waals surface area contributed by atoms with Crippen LogP contribution in [0.5, 0.6) is 0 Å². The molecule has 2 N–H and O–H groups in total. The predicted octanol–water partition coefficient (Wildman–Crippen LogP) is 4.95. The Kier molecular flexibility index (Phi) is 7.51. The van der Waals surface area contributed by atoms with E-state index in [-0.39, 0.29) is 34.9 Å². The van der Waals surface area contributed by atoms with Gasteiger partial charge < -0.3 is 15.5 Å². The van der Waals surface area contributed by atoms with Crippen LogP contribution in [0.3, 0.4) is 0 Å². The molecule has 0 radical (unpaired) electrons. The highest BCUT2D eigenvalue weighted by atomic mass is 19.4. The smallest absolute Gasteiger partial charge is 0.368 e. The molecule has 1 aromatic carbocycles. The summed E-state index contributed by atoms with van der Waals surface area (Å²) in [6, 6.07) is 9.50. The zero-order valence-electron chi connectivity index (χ0n) is 22.9. The monoisotopic (exact) mass is 530 g/mol. The number of hydrogen-bond acceptors (Lipinski definition) is 8. The summed E-state index contributed by atoms with van der Waals surface area (Å²) in [6.07, 6.45) is -2.39. The number of nitrogens with zero attached hydrogens (tertiary/aromatic N) is 6. The Morgan fingerprint density at radius 1 is 1.03 bits per heavy atom. The highest BCUT2D eigenvalue weighted by molar-refractivity contribution is 5.61. The maximum Gasteiger partial charge on any atom is 0.421 e. The van der Waals surface area contributed by atoms with Crippen molar-refractivity contribution < 1.29 is 13.2 Å². The topological polar surface area (TPSA) is 83.3 Å². The number of aromatic nitrogens is 2. The van der Waals surface area contributed by atoms with Crippen LogP contribution in [-0.4, -0.2) is 76.7 Å². The van der Waals surface area contributed by atoms with Crippen LogP contribution in [-0.2, 0) is 6.18 Å². The standard InChI is InChI=1S/C27H37F3N8/c1-25(2)13-19(14-26(3,4)37(25)6)33-23-22(27(28,29)30)16-32-24(35-23)34-18-7-9-20(10-8-18)38-12-11-36(5)21(15-31)17-38/h7-10,16,19,21H,11-14,17H2,1-6H3,(H2,32,33,34,35). The lowest BCUT2D eigenvalue weighted by Crippen LogP contribution is -2.61. The first-order valence-electron chi connectivity index (χ1n) is 12.9. The Labute approximate surface area is 222 Å². The van der Waals surface area contributed by atoms with E-state index in [1.807, 2.05) is 36.2 Å². The molecule has 38 heavy (non-hydrogen) atoms. The van der Waals surface area contributed by atoms with Gasteiger partial charge in [-0.1, -0.05) is 0 Å². The van der Waals surface area contributed by atoms with Gasteiger partial charge in [0.05, 0.1) is 6.07 Å². The van der Waals surface area contributed by atoms with E-state index >= 15 is 0 Å². The van der Waals surface area contributed by atoms with Crippen molar-refractivity contribution in [1.29, 1.82) is 5.26 Å². The van der Waals surface area contributed by atoms with Crippen LogP contribution in [0.2, 0.25) is 0 Å². The van der Waals surface area contributed by atoms with E-state index in [1.165, 1.54) is 0 Å². The van der Waals surface area contributed by atoms with Crippen LogP contribution in [0.15, 0.2) is 30.5 Å². The highest BCUT2D eigenvalue weighted by Gasteiger charge is 2.44. The summed E-state index contributed by atoms with van der Waals surface area (Å²) >= 11 is 0. The predicted molar refractivity (Wildman–Crippen MR) is 144 cm³/mol. The number of anilines is 4. The Hall–Kier alpha value is -3.10. The molecule has 2 aliphatic rings. The molecule has 1 unspecified atom stereocenters. The van der Waals surface area contributed by atoms with Crippen LogP contribution in [0, 0.1) is 11.3 Å². The van der Waals surface area contributed by atoms with Gasteiger partial charge in [0.1, 0.15) is 17.4 Å². The zero-order chi connectivity index (χ0) is 27.9. The Bertz CT molecular complexity index is 1150. The van der Waals surface area contributed by atoms with Gasteiger partial charge in [-0.3, -0.25) is 9.80 Å². The lowest BCUT2D eigenvalue weighted by atomic mass is 9.77. The van der Waals surface area contributed by atoms with E-state index in [1.54, 1.807) is 0 Å². The summed E-state index contributed by atoms with van der Waals surface area (Å²) in [6.45, 7) is 10.6. The van der Waals surface area contributed by atoms with Gasteiger partial charge in [-0.2, -0.15) is 23.4 Å². The second-order valence-electron chi connectivity index (χ2n) is 11.6. The maximum absolute atomic E-state index is 13.8. The van der Waals surface area contributed by atoms with Crippen LogP contribution < -0.4 is 15.5 Å². The fourth-order valence-electron chi connectivity index (χ4n) is 5.56. The van der Waals surface area contributed by atoms with E-state index in [0.29, 0.717) is 25.1 Å². The number of nitriles is 1. The van der Waals surface area contributed by atoms with Crippen LogP contribution in [0.4, 0.5) is 36.3 Å². The van der Waals surface area contributed by atoms with E-state index in [0.717, 1.165) is 25.0 Å². The van der Waals surface area contributed by atoms with Gasteiger partial charge in [-0.15, -0.1) is 0 Å². The van der Waals surface area contributed by atoms with E-state index in [2.05, 4.69) is 71.2 Å². The molecule has 4 rings (SSSR count). The fourth-order valence-corrected chi connectivity index (χ4v) is 5.56. The fraction of sp³-hybridized carbons (Fsp3) is 0.593. The van der Waals surface area contributed by atoms with Crippen molar-refractivity contribution in [3.8, 4) is 6.07 Å². The van der Waals surface area contributed by atoms with Crippen molar-refractivity contribution >= 4 is 23.1 Å². The number of piperidine rings is 1. The minimum absolute atomic E-state index is 0.0869. The molecule has 206 valence electrons. The Morgan fingerprint density at radius 2 is 1.66 bits per heavy atom. The number of nitrogens with one attached hydrogen (secondary N) is 2. The minimum Gasteiger partial charge on any atom is -0.368 e. The molecular weight excluding hydrogens is 493 g/mol. The summed E-state index contributed by atoms with van der Waals surface area (Å²) in [5.74, 6) is -0.128. The average molecular weight is 531 g/mol. The average Bonchev–Trinajstić information content (AvgIpc) is 2.82. The van der Waals surface area contributed by atoms with Crippen molar-refractivity contribution in [3.05, 3.63) is 36.0 Å². The number of rotatable bonds is 5. The van der Waals surface area contributed by atoms with Gasteiger partial charge in [0.15, 0.2) is 0 Å². The zero-order valence-corrected chi connectivity index (χ0v) is 22.9. The van der Waals surface area contributed by atoms with E-state index in [9.17, 15) is 18.4 Å². The largest absolute Gasteiger partial charge is 0.421 e. The molecule has 0 aliphatic carbocycles. The van der Waals surface area contributed by atoms with Crippen molar-refractivity contribution in [2.45, 2.75) is 69.9 Å². The number of likely N-dealkylation sites (N-methyl/N-ethyl adjacent to an activating group) is 1. The third-order valence-corrected chi connectivity index (χ3v) is 8.03. The van der Waals surface area contributed by atoms with E-state index < -0.39 is 11.7 Å². The minimum atomic E-state index is -4.58. The van der Waals surface area contributed by atoms with E-state index in [4.69, 9.17) is 0 Å². The third kappa shape index (κ3) is 5.97. The molecule has 8 nitrogen and oxygen atoms in total. The first kappa shape index (κ1) is 27.9. The van der Waals surface area contributed by atoms with Crippen LogP contribution >= 0.6 is 0 Å². The number of alkyl halides is 3. The Morgan fingerprint density at radius 3 is 2.24 bits per heavy atom. The third-order valence-electron chi connectivity index (χ3n) is 8.03. The molecule has 0 spiro atoms. The lowest BCUT2D eigenvalue weighted by molar-refractivity contribution is -0.137. The van der Waals surface area contributed by atoms with Gasteiger partial charge in [0, 0.05) is 54.3 Å². The molecule has 0 bridgehead atoms. The molecule has 2 aromatic rings. The summed E-state index contributed by atoms with van der Waals surface area (Å²) in [4.78, 5) is 14.7. The second kappa shape index (κ2) is 10.2. The van der Waals surface area contributed by atoms with Crippen molar-refractivity contribution in [2.75, 3.05) is 49.3 Å². The first-order valence-corrected chi connectivity index (χ1v) is 12.9. The number of likely N-dealkylation sites (tertiary alicyclic amines) is 1. The molecule has 2 fully saturated rings. The summed E-state index contributed by atoms with van der Waals surface area (Å²) < 4.78 is 41.5. The van der Waals surface area contributed by atoms with Gasteiger partial charge in [0.25, 0.3) is 0 Å². The molecule has 3 heterocycles. The summed E-state index contributed by atoms with van der Waals surface area (Å²) in [5, 5.41) is 15.5. The summed E-state index contributed by atoms with van der Waals surface area (Å²) in [5.41, 5.74) is 0.379. The number of piperazine rings is 1. The normalized spacial score (nSPS) is 22.6. The van der Waals surface area contributed by atoms with Crippen molar-refractivity contribution in [1.82, 2.24) is 19.8 Å². The van der Waals surface area contributed by atoms with Gasteiger partial charge >= 0.3 is 6.18 Å². The molecule has 2 saturated heterocycles. The highest BCUT2D eigenvalue weighted by Crippen LogP contribution is 2.40. The van der Waals surface area contributed by atoms with Crippen molar-refractivity contribution in [2.24, 2.45) is 0 Å². The molecule has 0 saturated carbocycles. The molecule has 1 aromatic heterocycles. The molecule has 0 amide bonds. The second-order valence-corrected chi connectivity index (χ2v) is 11.6. The van der Waals surface area contributed by atoms with Gasteiger partial charge in [-0.25, -0.2) is 4.98 Å². The molecular formula is C27H37F3N8. The number of hydrogen-bond donors (Lipinski definition) is 2. The van der Waals surface area contributed by atoms with Gasteiger partial charge in [-0.05, 0) is 78.9 Å². The molecule has 11 heteroatoms. The maximum atomic E-state index is 13.8. The van der Waals surface area contributed by atoms with Gasteiger partial charge in [0.2, 0.25) is 5.95 Å². The van der Waals surface area contributed by atoms with Crippen LogP contribution in [0.1, 0.15) is 46.1 Å². The number of benzene rings is 1. The SMILES string of the molecule is CN1CCN(c2ccc(Nc3ncc(C(F)(F)F)c(NC4CC(C)(C)N(C)C(C)(C)C4)n3)cc2)CC1C#N. The molecule has 2 aliphatic heterocycles. The summed E-state index contributed by atoms with van der Waals surface area (Å²) in [7, 11) is 4.00. The quantitative estimate of drug-likeness (QED) is 0.562. The van der Waals surface area contributed by atoms with Crippen molar-refractivity contribution in [3.63, 3.8) is 0 Å². The number of halogens is 3. The van der Waals surface area contributed by atoms with Crippen LogP contribution in [0.25, 0.3) is 0 Å². The molecule has 1 atom stereocenters. The Balaban J connectivity index is 1.52.